The van der Waals surface area contributed by atoms with Crippen LogP contribution in [0, 0.1) is 0 Å². The first-order chi connectivity index (χ1) is 9.56. The van der Waals surface area contributed by atoms with Crippen molar-refractivity contribution >= 4 is 0 Å². The summed E-state index contributed by atoms with van der Waals surface area (Å²) < 4.78 is 15.6. The van der Waals surface area contributed by atoms with E-state index in [0.717, 1.165) is 0 Å². The fraction of sp³-hybridized carbons (Fsp3) is 0.538. The monoisotopic (exact) mass is 286 g/mol. The van der Waals surface area contributed by atoms with Gasteiger partial charge in [-0.1, -0.05) is 0 Å². The largest absolute Gasteiger partial charge is 0.497 e. The Labute approximate surface area is 115 Å². The molecule has 1 saturated heterocycles. The fourth-order valence-electron chi connectivity index (χ4n) is 1.95. The smallest absolute Gasteiger partial charge is 0.229 e. The Morgan fingerprint density at radius 3 is 2.15 bits per heavy atom. The van der Waals surface area contributed by atoms with Gasteiger partial charge in [0.2, 0.25) is 6.29 Å². The summed E-state index contributed by atoms with van der Waals surface area (Å²) in [6.45, 7) is -0.493. The average molecular weight is 286 g/mol. The molecule has 0 amide bonds. The van der Waals surface area contributed by atoms with Gasteiger partial charge in [0.05, 0.1) is 13.7 Å². The van der Waals surface area contributed by atoms with E-state index >= 15 is 0 Å². The molecule has 0 spiro atoms. The molecule has 4 N–H and O–H groups in total. The molecule has 1 aromatic carbocycles. The summed E-state index contributed by atoms with van der Waals surface area (Å²) in [4.78, 5) is 0. The maximum Gasteiger partial charge on any atom is 0.229 e. The molecule has 0 radical (unpaired) electrons. The van der Waals surface area contributed by atoms with Gasteiger partial charge in [0.1, 0.15) is 35.9 Å². The minimum absolute atomic E-state index is 0.398. The topological polar surface area (TPSA) is 109 Å². The molecule has 5 atom stereocenters. The molecule has 1 aliphatic heterocycles. The molecule has 0 aliphatic carbocycles. The number of hydrogen-bond acceptors (Lipinski definition) is 7. The van der Waals surface area contributed by atoms with Crippen LogP contribution in [0.2, 0.25) is 0 Å². The predicted octanol–water partition coefficient (Wildman–Crippen LogP) is -1.13. The Morgan fingerprint density at radius 1 is 1.00 bits per heavy atom. The van der Waals surface area contributed by atoms with Crippen LogP contribution in [0.1, 0.15) is 0 Å². The minimum atomic E-state index is -1.45. The highest BCUT2D eigenvalue weighted by Crippen LogP contribution is 2.25. The van der Waals surface area contributed by atoms with Gasteiger partial charge in [0, 0.05) is 0 Å². The van der Waals surface area contributed by atoms with E-state index in [9.17, 15) is 15.3 Å². The zero-order valence-electron chi connectivity index (χ0n) is 10.9. The van der Waals surface area contributed by atoms with Crippen molar-refractivity contribution in [1.82, 2.24) is 0 Å². The van der Waals surface area contributed by atoms with Crippen molar-refractivity contribution in [3.63, 3.8) is 0 Å². The van der Waals surface area contributed by atoms with Crippen LogP contribution in [0.5, 0.6) is 11.5 Å². The highest BCUT2D eigenvalue weighted by atomic mass is 16.7. The van der Waals surface area contributed by atoms with Crippen molar-refractivity contribution in [3.8, 4) is 11.5 Å². The summed E-state index contributed by atoms with van der Waals surface area (Å²) in [5.41, 5.74) is 0. The second kappa shape index (κ2) is 6.38. The van der Waals surface area contributed by atoms with Gasteiger partial charge in [0.15, 0.2) is 0 Å². The molecular weight excluding hydrogens is 268 g/mol. The summed E-state index contributed by atoms with van der Waals surface area (Å²) in [6, 6.07) is 6.55. The normalized spacial score (nSPS) is 33.8. The first-order valence-corrected chi connectivity index (χ1v) is 6.18. The molecule has 20 heavy (non-hydrogen) atoms. The molecule has 7 heteroatoms. The number of benzene rings is 1. The molecule has 1 aliphatic rings. The maximum absolute atomic E-state index is 9.82. The molecular formula is C13H18O7. The molecule has 112 valence electrons. The number of aliphatic hydroxyl groups excluding tert-OH is 4. The molecule has 1 heterocycles. The number of aliphatic hydroxyl groups is 4. The number of rotatable bonds is 4. The van der Waals surface area contributed by atoms with Crippen LogP contribution < -0.4 is 9.47 Å². The van der Waals surface area contributed by atoms with Crippen molar-refractivity contribution in [3.05, 3.63) is 24.3 Å². The summed E-state index contributed by atoms with van der Waals surface area (Å²) in [5, 5.41) is 38.2. The Hall–Kier alpha value is -1.38. The second-order valence-corrected chi connectivity index (χ2v) is 4.49. The molecule has 2 rings (SSSR count). The highest BCUT2D eigenvalue weighted by molar-refractivity contribution is 5.31. The van der Waals surface area contributed by atoms with E-state index in [0.29, 0.717) is 11.5 Å². The van der Waals surface area contributed by atoms with E-state index in [2.05, 4.69) is 0 Å². The van der Waals surface area contributed by atoms with Gasteiger partial charge in [-0.05, 0) is 24.3 Å². The average Bonchev–Trinajstić information content (AvgIpc) is 2.48. The highest BCUT2D eigenvalue weighted by Gasteiger charge is 2.44. The van der Waals surface area contributed by atoms with Gasteiger partial charge < -0.3 is 34.6 Å². The SMILES string of the molecule is COc1ccc(OC2O[C@H](CO)[C@H](O)[C@H](O)[C@H]2O)cc1. The van der Waals surface area contributed by atoms with Crippen LogP contribution in [0.3, 0.4) is 0 Å². The third kappa shape index (κ3) is 3.02. The lowest BCUT2D eigenvalue weighted by Crippen LogP contribution is -2.60. The third-order valence-corrected chi connectivity index (χ3v) is 3.16. The number of hydrogen-bond donors (Lipinski definition) is 4. The van der Waals surface area contributed by atoms with E-state index in [1.165, 1.54) is 7.11 Å². The van der Waals surface area contributed by atoms with Crippen molar-refractivity contribution in [1.29, 1.82) is 0 Å². The molecule has 0 bridgehead atoms. The van der Waals surface area contributed by atoms with Gasteiger partial charge in [-0.25, -0.2) is 0 Å². The lowest BCUT2D eigenvalue weighted by molar-refractivity contribution is -0.277. The summed E-state index contributed by atoms with van der Waals surface area (Å²) in [7, 11) is 1.54. The van der Waals surface area contributed by atoms with Gasteiger partial charge in [-0.3, -0.25) is 0 Å². The Balaban J connectivity index is 2.06. The predicted molar refractivity (Wildman–Crippen MR) is 67.4 cm³/mol. The van der Waals surface area contributed by atoms with Crippen molar-refractivity contribution in [2.75, 3.05) is 13.7 Å². The van der Waals surface area contributed by atoms with Gasteiger partial charge in [-0.15, -0.1) is 0 Å². The van der Waals surface area contributed by atoms with Crippen molar-refractivity contribution in [2.24, 2.45) is 0 Å². The van der Waals surface area contributed by atoms with E-state index < -0.39 is 37.3 Å². The molecule has 0 saturated carbocycles. The zero-order chi connectivity index (χ0) is 14.7. The van der Waals surface area contributed by atoms with E-state index in [1.54, 1.807) is 24.3 Å². The standard InChI is InChI=1S/C13H18O7/c1-18-7-2-4-8(5-3-7)19-13-12(17)11(16)10(15)9(6-14)20-13/h2-5,9-17H,6H2,1H3/t9-,10+,11+,12-,13?/m1/s1. The van der Waals surface area contributed by atoms with Crippen molar-refractivity contribution in [2.45, 2.75) is 30.7 Å². The molecule has 1 unspecified atom stereocenters. The van der Waals surface area contributed by atoms with Crippen LogP contribution >= 0.6 is 0 Å². The summed E-state index contributed by atoms with van der Waals surface area (Å²) in [6.07, 6.45) is -6.44. The quantitative estimate of drug-likeness (QED) is 0.555. The van der Waals surface area contributed by atoms with Crippen LogP contribution in [-0.4, -0.2) is 64.8 Å². The molecule has 1 aromatic rings. The Bertz CT molecular complexity index is 419. The second-order valence-electron chi connectivity index (χ2n) is 4.49. The summed E-state index contributed by atoms with van der Waals surface area (Å²) in [5.74, 6) is 1.04. The first-order valence-electron chi connectivity index (χ1n) is 6.18. The van der Waals surface area contributed by atoms with Gasteiger partial charge in [-0.2, -0.15) is 0 Å². The van der Waals surface area contributed by atoms with Crippen LogP contribution in [0.15, 0.2) is 24.3 Å². The van der Waals surface area contributed by atoms with Crippen LogP contribution in [-0.2, 0) is 4.74 Å². The third-order valence-electron chi connectivity index (χ3n) is 3.16. The minimum Gasteiger partial charge on any atom is -0.497 e. The van der Waals surface area contributed by atoms with Crippen molar-refractivity contribution < 1.29 is 34.6 Å². The molecule has 7 nitrogen and oxygen atoms in total. The fourth-order valence-corrected chi connectivity index (χ4v) is 1.95. The lowest BCUT2D eigenvalue weighted by Gasteiger charge is -2.39. The van der Waals surface area contributed by atoms with Crippen LogP contribution in [0.4, 0.5) is 0 Å². The van der Waals surface area contributed by atoms with Gasteiger partial charge in [0.25, 0.3) is 0 Å². The number of methoxy groups -OCH3 is 1. The maximum atomic E-state index is 9.82. The lowest BCUT2D eigenvalue weighted by atomic mass is 9.99. The molecule has 0 aromatic heterocycles. The van der Waals surface area contributed by atoms with E-state index in [1.807, 2.05) is 0 Å². The Morgan fingerprint density at radius 2 is 1.60 bits per heavy atom. The van der Waals surface area contributed by atoms with Gasteiger partial charge >= 0.3 is 0 Å². The first kappa shape index (κ1) is 15.0. The summed E-state index contributed by atoms with van der Waals surface area (Å²) >= 11 is 0. The van der Waals surface area contributed by atoms with E-state index in [-0.39, 0.29) is 0 Å². The molecule has 1 fully saturated rings. The van der Waals surface area contributed by atoms with E-state index in [4.69, 9.17) is 19.3 Å². The zero-order valence-corrected chi connectivity index (χ0v) is 10.9. The van der Waals surface area contributed by atoms with Crippen LogP contribution in [0.25, 0.3) is 0 Å². The number of ether oxygens (including phenoxy) is 3. The Kier molecular flexibility index (Phi) is 4.79.